The molecule has 0 aliphatic heterocycles. The number of fused-ring (bicyclic) bond motifs is 1. The topological polar surface area (TPSA) is 72.8 Å². The Bertz CT molecular complexity index is 920. The van der Waals surface area contributed by atoms with Crippen molar-refractivity contribution in [3.63, 3.8) is 0 Å². The predicted molar refractivity (Wildman–Crippen MR) is 96.9 cm³/mol. The summed E-state index contributed by atoms with van der Waals surface area (Å²) in [5, 5.41) is 22.4. The van der Waals surface area contributed by atoms with Gasteiger partial charge in [0.25, 0.3) is 0 Å². The number of hydrogen-bond donors (Lipinski definition) is 3. The highest BCUT2D eigenvalue weighted by atomic mass is 35.5. The molecule has 0 unspecified atom stereocenters. The van der Waals surface area contributed by atoms with Crippen LogP contribution >= 0.6 is 23.8 Å². The molecule has 3 aromatic rings. The Kier molecular flexibility index (Phi) is 4.27. The Balaban J connectivity index is 1.80. The molecule has 0 radical (unpaired) electrons. The smallest absolute Gasteiger partial charge is 0.218 e. The summed E-state index contributed by atoms with van der Waals surface area (Å²) in [4.78, 5) is 2.83. The van der Waals surface area contributed by atoms with Crippen molar-refractivity contribution in [1.82, 2.24) is 4.98 Å². The van der Waals surface area contributed by atoms with Gasteiger partial charge < -0.3 is 15.4 Å². The van der Waals surface area contributed by atoms with Crippen molar-refractivity contribution in [2.45, 2.75) is 6.92 Å². The molecule has 3 rings (SSSR count). The van der Waals surface area contributed by atoms with Gasteiger partial charge in [0.1, 0.15) is 0 Å². The third-order valence-corrected chi connectivity index (χ3v) is 3.91. The molecule has 0 aliphatic carbocycles. The minimum atomic E-state index is -0.0452. The van der Waals surface area contributed by atoms with Crippen molar-refractivity contribution < 1.29 is 5.11 Å². The van der Waals surface area contributed by atoms with E-state index in [0.717, 1.165) is 22.2 Å². The fourth-order valence-electron chi connectivity index (χ4n) is 2.13. The number of rotatable bonds is 2. The summed E-state index contributed by atoms with van der Waals surface area (Å²) in [6, 6.07) is 12.9. The molecule has 23 heavy (non-hydrogen) atoms. The van der Waals surface area contributed by atoms with E-state index in [0.29, 0.717) is 10.7 Å². The quantitative estimate of drug-likeness (QED) is 0.435. The lowest BCUT2D eigenvalue weighted by Crippen LogP contribution is -2.04. The second-order valence-corrected chi connectivity index (χ2v) is 5.76. The van der Waals surface area contributed by atoms with Crippen molar-refractivity contribution in [1.29, 1.82) is 0 Å². The van der Waals surface area contributed by atoms with Crippen LogP contribution in [0.5, 0.6) is 5.88 Å². The van der Waals surface area contributed by atoms with Crippen LogP contribution in [-0.2, 0) is 0 Å². The standard InChI is InChI=1S/C16H13ClN4OS/c1-9-6-7-10(8-12(9)17)18-16(23)21-20-14-11-4-2-3-5-13(11)19-15(14)22/h2-8,19,22H,1H3,(H,18,23). The summed E-state index contributed by atoms with van der Waals surface area (Å²) in [5.74, 6) is -0.0452. The Morgan fingerprint density at radius 2 is 2.04 bits per heavy atom. The molecule has 1 heterocycles. The third kappa shape index (κ3) is 3.33. The fourth-order valence-corrected chi connectivity index (χ4v) is 2.47. The molecule has 5 nitrogen and oxygen atoms in total. The average Bonchev–Trinajstić information content (AvgIpc) is 2.84. The number of benzene rings is 2. The summed E-state index contributed by atoms with van der Waals surface area (Å²) < 4.78 is 0. The minimum absolute atomic E-state index is 0.0452. The highest BCUT2D eigenvalue weighted by Gasteiger charge is 2.09. The largest absolute Gasteiger partial charge is 0.493 e. The zero-order valence-electron chi connectivity index (χ0n) is 12.2. The molecule has 0 spiro atoms. The lowest BCUT2D eigenvalue weighted by molar-refractivity contribution is 0.459. The molecule has 7 heteroatoms. The van der Waals surface area contributed by atoms with E-state index in [1.165, 1.54) is 0 Å². The van der Waals surface area contributed by atoms with Gasteiger partial charge in [-0.25, -0.2) is 0 Å². The third-order valence-electron chi connectivity index (χ3n) is 3.32. The van der Waals surface area contributed by atoms with Gasteiger partial charge in [-0.15, -0.1) is 10.2 Å². The number of aromatic hydroxyl groups is 1. The highest BCUT2D eigenvalue weighted by molar-refractivity contribution is 7.80. The van der Waals surface area contributed by atoms with Gasteiger partial charge in [-0.1, -0.05) is 35.9 Å². The number of thiocarbonyl (C=S) groups is 1. The number of H-pyrrole nitrogens is 1. The lowest BCUT2D eigenvalue weighted by Gasteiger charge is -2.05. The SMILES string of the molecule is Cc1ccc(NC(=S)N=Nc2c(O)[nH]c3ccccc23)cc1Cl. The number of halogens is 1. The van der Waals surface area contributed by atoms with Crippen LogP contribution < -0.4 is 5.32 Å². The Hall–Kier alpha value is -2.44. The van der Waals surface area contributed by atoms with Gasteiger partial charge in [0.2, 0.25) is 11.0 Å². The number of azo groups is 1. The molecule has 0 saturated heterocycles. The molecule has 0 aliphatic rings. The van der Waals surface area contributed by atoms with Gasteiger partial charge in [0.15, 0.2) is 5.69 Å². The maximum atomic E-state index is 9.91. The molecule has 0 amide bonds. The van der Waals surface area contributed by atoms with Gasteiger partial charge in [-0.3, -0.25) is 0 Å². The fraction of sp³-hybridized carbons (Fsp3) is 0.0625. The number of hydrogen-bond acceptors (Lipinski definition) is 3. The van der Waals surface area contributed by atoms with Gasteiger partial charge in [-0.2, -0.15) is 0 Å². The first kappa shape index (κ1) is 15.5. The van der Waals surface area contributed by atoms with Crippen molar-refractivity contribution in [2.75, 3.05) is 5.32 Å². The number of aryl methyl sites for hydroxylation is 1. The number of nitrogens with one attached hydrogen (secondary N) is 2. The second-order valence-electron chi connectivity index (χ2n) is 4.96. The number of nitrogens with zero attached hydrogens (tertiary/aromatic N) is 2. The highest BCUT2D eigenvalue weighted by Crippen LogP contribution is 2.35. The minimum Gasteiger partial charge on any atom is -0.493 e. The van der Waals surface area contributed by atoms with E-state index in [4.69, 9.17) is 23.8 Å². The number of aromatic nitrogens is 1. The van der Waals surface area contributed by atoms with Crippen LogP contribution in [0.3, 0.4) is 0 Å². The Labute approximate surface area is 143 Å². The molecule has 116 valence electrons. The second kappa shape index (κ2) is 6.36. The van der Waals surface area contributed by atoms with Crippen LogP contribution in [0.4, 0.5) is 11.4 Å². The molecule has 0 saturated carbocycles. The van der Waals surface area contributed by atoms with Crippen LogP contribution in [-0.4, -0.2) is 15.2 Å². The summed E-state index contributed by atoms with van der Waals surface area (Å²) >= 11 is 11.2. The first-order valence-electron chi connectivity index (χ1n) is 6.83. The van der Waals surface area contributed by atoms with Crippen molar-refractivity contribution >= 4 is 51.2 Å². The van der Waals surface area contributed by atoms with Gasteiger partial charge in [0, 0.05) is 16.1 Å². The van der Waals surface area contributed by atoms with Crippen molar-refractivity contribution in [3.05, 3.63) is 53.1 Å². The first-order chi connectivity index (χ1) is 11.0. The van der Waals surface area contributed by atoms with Crippen LogP contribution in [0.2, 0.25) is 5.02 Å². The predicted octanol–water partition coefficient (Wildman–Crippen LogP) is 5.32. The monoisotopic (exact) mass is 344 g/mol. The molecular weight excluding hydrogens is 332 g/mol. The van der Waals surface area contributed by atoms with Gasteiger partial charge in [0.05, 0.1) is 5.52 Å². The molecule has 3 N–H and O–H groups in total. The van der Waals surface area contributed by atoms with E-state index in [9.17, 15) is 5.11 Å². The van der Waals surface area contributed by atoms with E-state index in [1.807, 2.05) is 43.3 Å². The van der Waals surface area contributed by atoms with Crippen LogP contribution in [0, 0.1) is 6.92 Å². The number of aromatic amines is 1. The summed E-state index contributed by atoms with van der Waals surface area (Å²) in [5.41, 5.74) is 2.84. The summed E-state index contributed by atoms with van der Waals surface area (Å²) in [7, 11) is 0. The van der Waals surface area contributed by atoms with E-state index >= 15 is 0 Å². The van der Waals surface area contributed by atoms with E-state index in [-0.39, 0.29) is 11.0 Å². The number of para-hydroxylation sites is 1. The van der Waals surface area contributed by atoms with Crippen LogP contribution in [0.15, 0.2) is 52.7 Å². The van der Waals surface area contributed by atoms with E-state index in [1.54, 1.807) is 6.07 Å². The average molecular weight is 345 g/mol. The Morgan fingerprint density at radius 1 is 1.26 bits per heavy atom. The first-order valence-corrected chi connectivity index (χ1v) is 7.62. The van der Waals surface area contributed by atoms with Gasteiger partial charge in [-0.05, 0) is 42.9 Å². The van der Waals surface area contributed by atoms with E-state index in [2.05, 4.69) is 20.5 Å². The normalized spacial score (nSPS) is 11.2. The molecule has 0 atom stereocenters. The molecule has 0 bridgehead atoms. The molecule has 1 aromatic heterocycles. The van der Waals surface area contributed by atoms with Crippen LogP contribution in [0.1, 0.15) is 5.56 Å². The number of anilines is 1. The Morgan fingerprint density at radius 3 is 2.83 bits per heavy atom. The summed E-state index contributed by atoms with van der Waals surface area (Å²) in [6.07, 6.45) is 0. The maximum absolute atomic E-state index is 9.91. The van der Waals surface area contributed by atoms with Crippen molar-refractivity contribution in [2.24, 2.45) is 10.2 Å². The van der Waals surface area contributed by atoms with Crippen molar-refractivity contribution in [3.8, 4) is 5.88 Å². The van der Waals surface area contributed by atoms with Crippen LogP contribution in [0.25, 0.3) is 10.9 Å². The van der Waals surface area contributed by atoms with E-state index < -0.39 is 0 Å². The zero-order valence-corrected chi connectivity index (χ0v) is 13.7. The summed E-state index contributed by atoms with van der Waals surface area (Å²) in [6.45, 7) is 1.92. The molecule has 0 fully saturated rings. The van der Waals surface area contributed by atoms with Gasteiger partial charge >= 0.3 is 0 Å². The maximum Gasteiger partial charge on any atom is 0.218 e. The zero-order chi connectivity index (χ0) is 16.4. The molecule has 2 aromatic carbocycles. The lowest BCUT2D eigenvalue weighted by atomic mass is 10.2. The molecular formula is C16H13ClN4OS.